The van der Waals surface area contributed by atoms with Gasteiger partial charge < -0.3 is 33.9 Å². The molecule has 1 amide bonds. The van der Waals surface area contributed by atoms with Crippen molar-refractivity contribution < 1.29 is 33.6 Å². The number of hydrogen-bond donors (Lipinski definition) is 2. The molecule has 0 fully saturated rings. The van der Waals surface area contributed by atoms with Crippen LogP contribution < -0.4 is 20.3 Å². The lowest BCUT2D eigenvalue weighted by molar-refractivity contribution is -0.172. The molecule has 4 aliphatic rings. The third kappa shape index (κ3) is 2.96. The van der Waals surface area contributed by atoms with Gasteiger partial charge in [-0.1, -0.05) is 6.92 Å². The largest absolute Gasteiger partial charge is 0.458 e. The maximum absolute atomic E-state index is 13.7. The Kier molecular flexibility index (Phi) is 4.89. The highest BCUT2D eigenvalue weighted by Gasteiger charge is 2.46. The summed E-state index contributed by atoms with van der Waals surface area (Å²) in [5.41, 5.74) is 2.68. The monoisotopic (exact) mass is 519 g/mol. The second-order valence-corrected chi connectivity index (χ2v) is 10.0. The van der Waals surface area contributed by atoms with Crippen LogP contribution in [0.5, 0.6) is 11.5 Å². The number of carbonyl (C=O) groups excluding carboxylic acids is 2. The summed E-state index contributed by atoms with van der Waals surface area (Å²) in [5, 5.41) is 15.2. The summed E-state index contributed by atoms with van der Waals surface area (Å²) < 4.78 is 23.3. The Morgan fingerprint density at radius 1 is 1.24 bits per heavy atom. The number of benzene rings is 1. The minimum Gasteiger partial charge on any atom is -0.458 e. The van der Waals surface area contributed by atoms with Crippen molar-refractivity contribution in [2.45, 2.75) is 51.0 Å². The number of cyclic esters (lactones) is 1. The molecule has 7 rings (SSSR count). The highest BCUT2D eigenvalue weighted by molar-refractivity contribution is 5.96. The quantitative estimate of drug-likeness (QED) is 0.385. The minimum absolute atomic E-state index is 0.0609. The van der Waals surface area contributed by atoms with Crippen molar-refractivity contribution in [3.05, 3.63) is 50.3 Å². The van der Waals surface area contributed by atoms with Crippen molar-refractivity contribution in [1.29, 1.82) is 0 Å². The van der Waals surface area contributed by atoms with Crippen molar-refractivity contribution in [3.63, 3.8) is 0 Å². The Hall–Kier alpha value is -3.96. The number of fused-ring (bicyclic) bond motifs is 7. The number of ether oxygens (including phenoxy) is 4. The van der Waals surface area contributed by atoms with Gasteiger partial charge in [0.2, 0.25) is 12.7 Å². The number of aryl methyl sites for hydroxylation is 1. The van der Waals surface area contributed by atoms with Crippen LogP contribution in [-0.4, -0.2) is 47.0 Å². The van der Waals surface area contributed by atoms with E-state index in [4.69, 9.17) is 23.9 Å². The first-order valence-electron chi connectivity index (χ1n) is 12.6. The second-order valence-electron chi connectivity index (χ2n) is 10.0. The lowest BCUT2D eigenvalue weighted by atomic mass is 9.82. The van der Waals surface area contributed by atoms with E-state index >= 15 is 0 Å². The molecule has 2 aromatic heterocycles. The average Bonchev–Trinajstić information content (AvgIpc) is 3.53. The molecule has 0 bridgehead atoms. The molecule has 2 N–H and O–H groups in total. The molecular weight excluding hydrogens is 494 g/mol. The first-order chi connectivity index (χ1) is 18.4. The summed E-state index contributed by atoms with van der Waals surface area (Å²) in [6.45, 7) is 1.75. The predicted octanol–water partition coefficient (Wildman–Crippen LogP) is 1.56. The zero-order chi connectivity index (χ0) is 26.3. The van der Waals surface area contributed by atoms with E-state index in [9.17, 15) is 19.5 Å². The third-order valence-electron chi connectivity index (χ3n) is 8.10. The molecule has 3 aliphatic heterocycles. The molecule has 5 heterocycles. The molecule has 0 spiro atoms. The molecule has 3 aromatic rings. The van der Waals surface area contributed by atoms with E-state index in [-0.39, 0.29) is 61.6 Å². The number of nitrogens with one attached hydrogen (secondary N) is 1. The van der Waals surface area contributed by atoms with E-state index in [1.165, 1.54) is 7.11 Å². The molecule has 2 atom stereocenters. The van der Waals surface area contributed by atoms with Crippen LogP contribution in [0, 0.1) is 0 Å². The van der Waals surface area contributed by atoms with E-state index in [0.717, 1.165) is 22.1 Å². The van der Waals surface area contributed by atoms with E-state index in [0.29, 0.717) is 41.2 Å². The Bertz CT molecular complexity index is 1640. The summed E-state index contributed by atoms with van der Waals surface area (Å²) in [7, 11) is 1.47. The summed E-state index contributed by atoms with van der Waals surface area (Å²) in [5.74, 6) is 0.285. The number of pyridine rings is 2. The zero-order valence-corrected chi connectivity index (χ0v) is 20.9. The van der Waals surface area contributed by atoms with E-state index in [1.54, 1.807) is 17.6 Å². The third-order valence-corrected chi connectivity index (χ3v) is 8.10. The Labute approximate surface area is 216 Å². The van der Waals surface area contributed by atoms with Gasteiger partial charge in [-0.25, -0.2) is 9.78 Å². The Morgan fingerprint density at radius 2 is 2.08 bits per heavy atom. The SMILES string of the molecule is CC[C@@]1(O)C(=O)OCc2c1cc1n(c2=O)Cc2c-1nc1cc3c(c4c1c2[C@@H](NC(=O)COC)CC4)OCO3. The molecule has 0 saturated carbocycles. The van der Waals surface area contributed by atoms with Crippen LogP contribution in [0.4, 0.5) is 0 Å². The van der Waals surface area contributed by atoms with E-state index < -0.39 is 11.6 Å². The molecule has 38 heavy (non-hydrogen) atoms. The lowest BCUT2D eigenvalue weighted by Gasteiger charge is -2.31. The molecule has 11 nitrogen and oxygen atoms in total. The number of carbonyl (C=O) groups is 2. The molecule has 196 valence electrons. The van der Waals surface area contributed by atoms with Crippen molar-refractivity contribution in [2.75, 3.05) is 20.5 Å². The van der Waals surface area contributed by atoms with Gasteiger partial charge in [-0.15, -0.1) is 0 Å². The fourth-order valence-corrected chi connectivity index (χ4v) is 6.30. The van der Waals surface area contributed by atoms with Crippen LogP contribution >= 0.6 is 0 Å². The van der Waals surface area contributed by atoms with Crippen LogP contribution in [0.1, 0.15) is 53.6 Å². The molecule has 0 unspecified atom stereocenters. The van der Waals surface area contributed by atoms with Crippen LogP contribution in [0.3, 0.4) is 0 Å². The molecule has 1 aliphatic carbocycles. The van der Waals surface area contributed by atoms with Gasteiger partial charge in [-0.3, -0.25) is 9.59 Å². The van der Waals surface area contributed by atoms with Gasteiger partial charge in [0.05, 0.1) is 35.1 Å². The number of nitrogens with zero attached hydrogens (tertiary/aromatic N) is 2. The number of rotatable bonds is 4. The number of methoxy groups -OCH3 is 1. The zero-order valence-electron chi connectivity index (χ0n) is 20.9. The van der Waals surface area contributed by atoms with Crippen LogP contribution in [-0.2, 0) is 44.2 Å². The van der Waals surface area contributed by atoms with Crippen LogP contribution in [0.15, 0.2) is 16.9 Å². The number of aliphatic hydroxyl groups is 1. The van der Waals surface area contributed by atoms with E-state index in [2.05, 4.69) is 5.32 Å². The fraction of sp³-hybridized carbons (Fsp3) is 0.407. The standard InChI is InChI=1S/C27H25N3O8/c1-3-27(34)15-6-18-23-13(8-30(18)25(32)14(15)9-36-26(27)33)22-16(28-20(31)10-35-2)5-4-12-21(22)17(29-23)7-19-24(12)38-11-37-19/h6-7,16,34H,3-5,8-11H2,1-2H3,(H,28,31)/t16-,27-/m0/s1. The smallest absolute Gasteiger partial charge is 0.343 e. The number of esters is 1. The average molecular weight is 520 g/mol. The Balaban J connectivity index is 1.50. The molecular formula is C27H25N3O8. The molecule has 1 aromatic carbocycles. The maximum Gasteiger partial charge on any atom is 0.343 e. The summed E-state index contributed by atoms with van der Waals surface area (Å²) in [6, 6.07) is 3.18. The van der Waals surface area contributed by atoms with Gasteiger partial charge in [-0.05, 0) is 30.9 Å². The highest BCUT2D eigenvalue weighted by atomic mass is 16.7. The molecule has 11 heteroatoms. The second kappa shape index (κ2) is 8.02. The van der Waals surface area contributed by atoms with Crippen molar-refractivity contribution in [1.82, 2.24) is 14.9 Å². The molecule has 0 saturated heterocycles. The van der Waals surface area contributed by atoms with Gasteiger partial charge >= 0.3 is 5.97 Å². The topological polar surface area (TPSA) is 138 Å². The van der Waals surface area contributed by atoms with Crippen molar-refractivity contribution >= 4 is 22.8 Å². The van der Waals surface area contributed by atoms with Gasteiger partial charge in [-0.2, -0.15) is 0 Å². The number of hydrogen-bond acceptors (Lipinski definition) is 9. The predicted molar refractivity (Wildman–Crippen MR) is 132 cm³/mol. The van der Waals surface area contributed by atoms with Crippen LogP contribution in [0.25, 0.3) is 22.3 Å². The highest BCUT2D eigenvalue weighted by Crippen LogP contribution is 2.50. The summed E-state index contributed by atoms with van der Waals surface area (Å²) in [4.78, 5) is 43.8. The first-order valence-corrected chi connectivity index (χ1v) is 12.6. The summed E-state index contributed by atoms with van der Waals surface area (Å²) in [6.07, 6.45) is 1.33. The number of aromatic nitrogens is 2. The van der Waals surface area contributed by atoms with Crippen LogP contribution in [0.2, 0.25) is 0 Å². The van der Waals surface area contributed by atoms with Gasteiger partial charge in [0.25, 0.3) is 5.56 Å². The number of amides is 1. The summed E-state index contributed by atoms with van der Waals surface area (Å²) >= 11 is 0. The lowest BCUT2D eigenvalue weighted by Crippen LogP contribution is -2.44. The van der Waals surface area contributed by atoms with Gasteiger partial charge in [0.15, 0.2) is 17.1 Å². The van der Waals surface area contributed by atoms with Gasteiger partial charge in [0, 0.05) is 35.3 Å². The Morgan fingerprint density at radius 3 is 2.87 bits per heavy atom. The fourth-order valence-electron chi connectivity index (χ4n) is 6.30. The van der Waals surface area contributed by atoms with Gasteiger partial charge in [0.1, 0.15) is 13.2 Å². The van der Waals surface area contributed by atoms with E-state index in [1.807, 2.05) is 6.07 Å². The maximum atomic E-state index is 13.7. The molecule has 0 radical (unpaired) electrons. The van der Waals surface area contributed by atoms with Crippen molar-refractivity contribution in [3.8, 4) is 22.9 Å². The first kappa shape index (κ1) is 23.2. The normalized spacial score (nSPS) is 22.1. The van der Waals surface area contributed by atoms with Crippen molar-refractivity contribution in [2.24, 2.45) is 0 Å². The minimum atomic E-state index is -1.91.